The second-order valence-electron chi connectivity index (χ2n) is 6.81. The second kappa shape index (κ2) is 7.30. The predicted molar refractivity (Wildman–Crippen MR) is 80.5 cm³/mol. The Hall–Kier alpha value is -0.770. The van der Waals surface area contributed by atoms with Gasteiger partial charge in [0.05, 0.1) is 0 Å². The van der Waals surface area contributed by atoms with Crippen LogP contribution in [0.3, 0.4) is 0 Å². The van der Waals surface area contributed by atoms with Crippen LogP contribution in [0.1, 0.15) is 58.8 Å². The highest BCUT2D eigenvalue weighted by Crippen LogP contribution is 2.30. The van der Waals surface area contributed by atoms with Crippen molar-refractivity contribution < 1.29 is 9.90 Å². The van der Waals surface area contributed by atoms with Crippen LogP contribution in [0.2, 0.25) is 0 Å². The Morgan fingerprint density at radius 1 is 1.20 bits per heavy atom. The van der Waals surface area contributed by atoms with Crippen LogP contribution < -0.4 is 5.32 Å². The van der Waals surface area contributed by atoms with Gasteiger partial charge in [0, 0.05) is 25.2 Å². The fourth-order valence-electron chi connectivity index (χ4n) is 3.35. The molecule has 20 heavy (non-hydrogen) atoms. The molecule has 0 bridgehead atoms. The summed E-state index contributed by atoms with van der Waals surface area (Å²) in [5.41, 5.74) is 0. The molecule has 0 radical (unpaired) electrons. The molecule has 4 nitrogen and oxygen atoms in total. The van der Waals surface area contributed by atoms with E-state index in [1.165, 1.54) is 12.8 Å². The number of rotatable bonds is 6. The van der Waals surface area contributed by atoms with Crippen molar-refractivity contribution in [3.63, 3.8) is 0 Å². The monoisotopic (exact) mass is 282 g/mol. The Kier molecular flexibility index (Phi) is 5.70. The van der Waals surface area contributed by atoms with Crippen LogP contribution in [-0.4, -0.2) is 41.3 Å². The average Bonchev–Trinajstić information content (AvgIpc) is 3.22. The number of nitrogens with zero attached hydrogens (tertiary/aromatic N) is 1. The van der Waals surface area contributed by atoms with Crippen LogP contribution in [0.15, 0.2) is 0 Å². The van der Waals surface area contributed by atoms with Gasteiger partial charge in [-0.25, -0.2) is 4.79 Å². The number of urea groups is 1. The summed E-state index contributed by atoms with van der Waals surface area (Å²) >= 11 is 0. The van der Waals surface area contributed by atoms with Crippen LogP contribution in [0, 0.1) is 11.8 Å². The van der Waals surface area contributed by atoms with E-state index in [2.05, 4.69) is 19.2 Å². The molecule has 0 heterocycles. The molecule has 2 N–H and O–H groups in total. The Labute approximate surface area is 122 Å². The molecular formula is C16H30N2O2. The van der Waals surface area contributed by atoms with Crippen molar-refractivity contribution in [2.75, 3.05) is 13.2 Å². The molecule has 2 fully saturated rings. The third kappa shape index (κ3) is 4.37. The maximum Gasteiger partial charge on any atom is 0.317 e. The lowest BCUT2D eigenvalue weighted by atomic mass is 9.80. The van der Waals surface area contributed by atoms with Crippen LogP contribution in [0.5, 0.6) is 0 Å². The number of carbonyl (C=O) groups is 1. The van der Waals surface area contributed by atoms with Gasteiger partial charge in [0.15, 0.2) is 0 Å². The minimum atomic E-state index is 0.122. The first-order chi connectivity index (χ1) is 9.61. The summed E-state index contributed by atoms with van der Waals surface area (Å²) in [7, 11) is 0. The molecule has 0 aromatic carbocycles. The normalized spacial score (nSPS) is 30.1. The van der Waals surface area contributed by atoms with Crippen LogP contribution in [0.4, 0.5) is 4.79 Å². The van der Waals surface area contributed by atoms with Gasteiger partial charge in [-0.3, -0.25) is 0 Å². The van der Waals surface area contributed by atoms with E-state index in [0.29, 0.717) is 18.0 Å². The maximum atomic E-state index is 12.5. The topological polar surface area (TPSA) is 52.6 Å². The van der Waals surface area contributed by atoms with Gasteiger partial charge < -0.3 is 15.3 Å². The Morgan fingerprint density at radius 3 is 2.55 bits per heavy atom. The smallest absolute Gasteiger partial charge is 0.317 e. The van der Waals surface area contributed by atoms with E-state index < -0.39 is 0 Å². The van der Waals surface area contributed by atoms with Crippen molar-refractivity contribution in [2.24, 2.45) is 11.8 Å². The highest BCUT2D eigenvalue weighted by Gasteiger charge is 2.34. The number of unbranched alkanes of at least 4 members (excludes halogenated alkanes) is 1. The van der Waals surface area contributed by atoms with Crippen LogP contribution in [0.25, 0.3) is 0 Å². The van der Waals surface area contributed by atoms with Crippen molar-refractivity contribution in [2.45, 2.75) is 70.9 Å². The lowest BCUT2D eigenvalue weighted by Crippen LogP contribution is -2.49. The highest BCUT2D eigenvalue weighted by atomic mass is 16.3. The van der Waals surface area contributed by atoms with Gasteiger partial charge in [0.25, 0.3) is 0 Å². The fraction of sp³-hybridized carbons (Fsp3) is 0.938. The number of amides is 2. The first-order valence-corrected chi connectivity index (χ1v) is 8.29. The number of hydrogen-bond donors (Lipinski definition) is 2. The Morgan fingerprint density at radius 2 is 1.95 bits per heavy atom. The third-order valence-corrected chi connectivity index (χ3v) is 4.80. The minimum absolute atomic E-state index is 0.122. The predicted octanol–water partition coefficient (Wildman–Crippen LogP) is 2.76. The second-order valence-corrected chi connectivity index (χ2v) is 6.81. The molecule has 2 rings (SSSR count). The van der Waals surface area contributed by atoms with Crippen molar-refractivity contribution in [3.05, 3.63) is 0 Å². The number of nitrogens with one attached hydrogen (secondary N) is 1. The van der Waals surface area contributed by atoms with Gasteiger partial charge in [-0.15, -0.1) is 0 Å². The van der Waals surface area contributed by atoms with Crippen molar-refractivity contribution in [3.8, 4) is 0 Å². The zero-order valence-electron chi connectivity index (χ0n) is 13.0. The maximum absolute atomic E-state index is 12.5. The molecule has 3 unspecified atom stereocenters. The van der Waals surface area contributed by atoms with Gasteiger partial charge in [-0.1, -0.05) is 13.8 Å². The lowest BCUT2D eigenvalue weighted by Gasteiger charge is -2.35. The first-order valence-electron chi connectivity index (χ1n) is 8.29. The standard InChI is InChI=1S/C16H30N2O2/c1-12-5-8-15(13(2)11-12)17-16(20)18(14-6-7-14)9-3-4-10-19/h12-15,19H,3-11H2,1-2H3,(H,17,20). The van der Waals surface area contributed by atoms with E-state index in [4.69, 9.17) is 5.11 Å². The van der Waals surface area contributed by atoms with E-state index in [1.807, 2.05) is 4.90 Å². The summed E-state index contributed by atoms with van der Waals surface area (Å²) in [5.74, 6) is 1.38. The van der Waals surface area contributed by atoms with Gasteiger partial charge in [-0.05, 0) is 56.8 Å². The molecule has 2 saturated carbocycles. The van der Waals surface area contributed by atoms with Gasteiger partial charge in [0.2, 0.25) is 0 Å². The zero-order valence-corrected chi connectivity index (χ0v) is 13.0. The molecule has 0 saturated heterocycles. The highest BCUT2D eigenvalue weighted by molar-refractivity contribution is 5.75. The molecule has 2 aliphatic carbocycles. The van der Waals surface area contributed by atoms with E-state index >= 15 is 0 Å². The summed E-state index contributed by atoms with van der Waals surface area (Å²) < 4.78 is 0. The molecule has 2 aliphatic rings. The van der Waals surface area contributed by atoms with Crippen molar-refractivity contribution >= 4 is 6.03 Å². The molecule has 0 spiro atoms. The molecule has 0 aromatic heterocycles. The van der Waals surface area contributed by atoms with Gasteiger partial charge in [0.1, 0.15) is 0 Å². The zero-order chi connectivity index (χ0) is 14.5. The van der Waals surface area contributed by atoms with E-state index in [-0.39, 0.29) is 12.6 Å². The number of carbonyl (C=O) groups excluding carboxylic acids is 1. The molecular weight excluding hydrogens is 252 g/mol. The third-order valence-electron chi connectivity index (χ3n) is 4.80. The number of hydrogen-bond acceptors (Lipinski definition) is 2. The summed E-state index contributed by atoms with van der Waals surface area (Å²) in [4.78, 5) is 14.5. The lowest BCUT2D eigenvalue weighted by molar-refractivity contribution is 0.169. The first kappa shape index (κ1) is 15.6. The summed E-state index contributed by atoms with van der Waals surface area (Å²) in [6.45, 7) is 5.57. The number of aliphatic hydroxyl groups excluding tert-OH is 1. The molecule has 3 atom stereocenters. The van der Waals surface area contributed by atoms with Crippen molar-refractivity contribution in [1.29, 1.82) is 0 Å². The average molecular weight is 282 g/mol. The van der Waals surface area contributed by atoms with Gasteiger partial charge >= 0.3 is 6.03 Å². The fourth-order valence-corrected chi connectivity index (χ4v) is 3.35. The largest absolute Gasteiger partial charge is 0.396 e. The minimum Gasteiger partial charge on any atom is -0.396 e. The van der Waals surface area contributed by atoms with Crippen molar-refractivity contribution in [1.82, 2.24) is 10.2 Å². The molecule has 0 aliphatic heterocycles. The summed E-state index contributed by atoms with van der Waals surface area (Å²) in [6, 6.07) is 0.918. The summed E-state index contributed by atoms with van der Waals surface area (Å²) in [5, 5.41) is 12.1. The molecule has 0 aromatic rings. The van der Waals surface area contributed by atoms with E-state index in [1.54, 1.807) is 0 Å². The summed E-state index contributed by atoms with van der Waals surface area (Å²) in [6.07, 6.45) is 7.53. The molecule has 2 amide bonds. The Balaban J connectivity index is 1.81. The SMILES string of the molecule is CC1CCC(NC(=O)N(CCCCO)C2CC2)C(C)C1. The molecule has 116 valence electrons. The van der Waals surface area contributed by atoms with Gasteiger partial charge in [-0.2, -0.15) is 0 Å². The van der Waals surface area contributed by atoms with E-state index in [0.717, 1.165) is 44.6 Å². The van der Waals surface area contributed by atoms with Crippen LogP contribution in [-0.2, 0) is 0 Å². The molecule has 4 heteroatoms. The van der Waals surface area contributed by atoms with E-state index in [9.17, 15) is 4.79 Å². The quantitative estimate of drug-likeness (QED) is 0.736. The van der Waals surface area contributed by atoms with Crippen LogP contribution >= 0.6 is 0 Å². The Bertz CT molecular complexity index is 318. The number of aliphatic hydroxyl groups is 1.